The van der Waals surface area contributed by atoms with Crippen LogP contribution in [-0.2, 0) is 0 Å². The van der Waals surface area contributed by atoms with E-state index in [9.17, 15) is 0 Å². The second-order valence-electron chi connectivity index (χ2n) is 7.42. The van der Waals surface area contributed by atoms with Crippen LogP contribution in [0.3, 0.4) is 0 Å². The fourth-order valence-corrected chi connectivity index (χ4v) is 6.02. The first kappa shape index (κ1) is 13.4. The summed E-state index contributed by atoms with van der Waals surface area (Å²) in [5.41, 5.74) is 7.32. The van der Waals surface area contributed by atoms with Crippen LogP contribution in [0.25, 0.3) is 5.57 Å². The molecule has 0 aliphatic heterocycles. The van der Waals surface area contributed by atoms with Crippen LogP contribution in [0.15, 0.2) is 5.57 Å². The van der Waals surface area contributed by atoms with Crippen molar-refractivity contribution in [1.82, 2.24) is 0 Å². The van der Waals surface area contributed by atoms with Crippen molar-refractivity contribution in [2.75, 3.05) is 0 Å². The van der Waals surface area contributed by atoms with Gasteiger partial charge in [-0.25, -0.2) is 0 Å². The molecule has 104 valence electrons. The Morgan fingerprint density at radius 1 is 1.00 bits per heavy atom. The Labute approximate surface area is 121 Å². The summed E-state index contributed by atoms with van der Waals surface area (Å²) in [6.45, 7) is 16.8. The Kier molecular flexibility index (Phi) is 2.65. The fourth-order valence-electron chi connectivity index (χ4n) is 4.95. The first-order valence-electron chi connectivity index (χ1n) is 7.50. The summed E-state index contributed by atoms with van der Waals surface area (Å²) in [5, 5.41) is 0. The van der Waals surface area contributed by atoms with Gasteiger partial charge in [0.2, 0.25) is 0 Å². The number of fused-ring (bicyclic) bond motifs is 2. The highest BCUT2D eigenvalue weighted by atomic mass is 32.1. The molecule has 1 heteroatoms. The van der Waals surface area contributed by atoms with Crippen molar-refractivity contribution in [2.45, 2.75) is 61.3 Å². The van der Waals surface area contributed by atoms with E-state index in [-0.39, 0.29) is 0 Å². The van der Waals surface area contributed by atoms with Crippen molar-refractivity contribution >= 4 is 16.9 Å². The van der Waals surface area contributed by atoms with Crippen LogP contribution in [0.4, 0.5) is 0 Å². The summed E-state index contributed by atoms with van der Waals surface area (Å²) in [6.07, 6.45) is 2.76. The van der Waals surface area contributed by atoms with Gasteiger partial charge in [0.15, 0.2) is 0 Å². The molecule has 1 aromatic rings. The minimum absolute atomic E-state index is 0.380. The topological polar surface area (TPSA) is 0 Å². The zero-order chi connectivity index (χ0) is 14.2. The summed E-state index contributed by atoms with van der Waals surface area (Å²) in [7, 11) is 0. The van der Waals surface area contributed by atoms with E-state index in [0.29, 0.717) is 10.8 Å². The third-order valence-electron chi connectivity index (χ3n) is 6.51. The van der Waals surface area contributed by atoms with Gasteiger partial charge < -0.3 is 0 Å². The zero-order valence-corrected chi connectivity index (χ0v) is 14.2. The Bertz CT molecular complexity index is 585. The minimum atomic E-state index is 0.380. The fraction of sp³-hybridized carbons (Fsp3) is 0.667. The van der Waals surface area contributed by atoms with E-state index in [1.807, 2.05) is 11.3 Å². The van der Waals surface area contributed by atoms with Crippen LogP contribution < -0.4 is 0 Å². The van der Waals surface area contributed by atoms with Gasteiger partial charge in [0.1, 0.15) is 0 Å². The lowest BCUT2D eigenvalue weighted by Crippen LogP contribution is -2.29. The second kappa shape index (κ2) is 3.75. The second-order valence-corrected chi connectivity index (χ2v) is 8.85. The van der Waals surface area contributed by atoms with E-state index in [1.54, 1.807) is 16.7 Å². The molecule has 0 saturated heterocycles. The van der Waals surface area contributed by atoms with Gasteiger partial charge >= 0.3 is 0 Å². The largest absolute Gasteiger partial charge is 0.145 e. The molecule has 2 aliphatic rings. The number of hydrogen-bond acceptors (Lipinski definition) is 1. The summed E-state index contributed by atoms with van der Waals surface area (Å²) in [6, 6.07) is 0. The van der Waals surface area contributed by atoms with E-state index in [2.05, 4.69) is 48.5 Å². The molecule has 0 spiro atoms. The number of aryl methyl sites for hydroxylation is 2. The summed E-state index contributed by atoms with van der Waals surface area (Å²) < 4.78 is 0. The molecule has 1 aromatic heterocycles. The van der Waals surface area contributed by atoms with Gasteiger partial charge in [-0.15, -0.1) is 11.3 Å². The van der Waals surface area contributed by atoms with Crippen LogP contribution in [0, 0.1) is 37.5 Å². The van der Waals surface area contributed by atoms with Crippen molar-refractivity contribution in [3.63, 3.8) is 0 Å². The lowest BCUT2D eigenvalue weighted by atomic mass is 9.66. The average molecular weight is 274 g/mol. The van der Waals surface area contributed by atoms with Crippen LogP contribution in [-0.4, -0.2) is 0 Å². The standard InChI is InChI=1S/C18H26S/c1-10-12(3)19-13(4)15(10)16-11(2)14-8-9-18(16,7)17(14,5)6/h14H,8-9H2,1-7H3/t14-,18+/m1/s1. The monoisotopic (exact) mass is 274 g/mol. The molecular formula is C18H26S. The average Bonchev–Trinajstić information content (AvgIpc) is 2.73. The lowest BCUT2D eigenvalue weighted by Gasteiger charge is -2.38. The van der Waals surface area contributed by atoms with Gasteiger partial charge in [-0.2, -0.15) is 0 Å². The molecule has 2 atom stereocenters. The van der Waals surface area contributed by atoms with Crippen LogP contribution in [0.5, 0.6) is 0 Å². The molecule has 0 nitrogen and oxygen atoms in total. The smallest absolute Gasteiger partial charge is 0.00951 e. The summed E-state index contributed by atoms with van der Waals surface area (Å²) >= 11 is 1.98. The molecule has 1 heterocycles. The van der Waals surface area contributed by atoms with Crippen molar-refractivity contribution in [3.05, 3.63) is 26.5 Å². The SMILES string of the molecule is CC1=C(c2c(C)sc(C)c2C)[C@]2(C)CC[C@H]1C2(C)C. The van der Waals surface area contributed by atoms with E-state index >= 15 is 0 Å². The molecule has 0 amide bonds. The van der Waals surface area contributed by atoms with Gasteiger partial charge in [0, 0.05) is 9.75 Å². The maximum atomic E-state index is 2.52. The van der Waals surface area contributed by atoms with Crippen LogP contribution >= 0.6 is 11.3 Å². The van der Waals surface area contributed by atoms with Gasteiger partial charge in [-0.1, -0.05) is 26.3 Å². The Morgan fingerprint density at radius 2 is 1.63 bits per heavy atom. The Balaban J connectivity index is 2.27. The predicted molar refractivity (Wildman–Crippen MR) is 85.7 cm³/mol. The zero-order valence-electron chi connectivity index (χ0n) is 13.4. The molecule has 0 unspecified atom stereocenters. The maximum absolute atomic E-state index is 2.52. The number of hydrogen-bond donors (Lipinski definition) is 0. The molecule has 2 bridgehead atoms. The summed E-state index contributed by atoms with van der Waals surface area (Å²) in [5.74, 6) is 0.798. The third kappa shape index (κ3) is 1.40. The molecule has 2 aliphatic carbocycles. The third-order valence-corrected chi connectivity index (χ3v) is 7.63. The van der Waals surface area contributed by atoms with Crippen molar-refractivity contribution in [3.8, 4) is 0 Å². The van der Waals surface area contributed by atoms with E-state index in [0.717, 1.165) is 5.92 Å². The van der Waals surface area contributed by atoms with Crippen LogP contribution in [0.1, 0.15) is 61.4 Å². The molecule has 3 rings (SSSR count). The summed E-state index contributed by atoms with van der Waals surface area (Å²) in [4.78, 5) is 3.02. The van der Waals surface area contributed by atoms with Gasteiger partial charge in [-0.3, -0.25) is 0 Å². The van der Waals surface area contributed by atoms with Gasteiger partial charge in [-0.05, 0) is 74.0 Å². The Morgan fingerprint density at radius 3 is 2.05 bits per heavy atom. The molecule has 1 saturated carbocycles. The highest BCUT2D eigenvalue weighted by molar-refractivity contribution is 7.12. The molecule has 1 fully saturated rings. The first-order valence-corrected chi connectivity index (χ1v) is 8.31. The number of rotatable bonds is 1. The van der Waals surface area contributed by atoms with Crippen LogP contribution in [0.2, 0.25) is 0 Å². The van der Waals surface area contributed by atoms with Crippen molar-refractivity contribution in [2.24, 2.45) is 16.7 Å². The highest BCUT2D eigenvalue weighted by Gasteiger charge is 2.59. The first-order chi connectivity index (χ1) is 8.72. The minimum Gasteiger partial charge on any atom is -0.145 e. The predicted octanol–water partition coefficient (Wildman–Crippen LogP) is 5.90. The van der Waals surface area contributed by atoms with Gasteiger partial charge in [0.05, 0.1) is 0 Å². The molecular weight excluding hydrogens is 248 g/mol. The quantitative estimate of drug-likeness (QED) is 0.598. The normalized spacial score (nSPS) is 32.5. The molecule has 0 radical (unpaired) electrons. The van der Waals surface area contributed by atoms with E-state index < -0.39 is 0 Å². The molecule has 19 heavy (non-hydrogen) atoms. The van der Waals surface area contributed by atoms with Crippen molar-refractivity contribution < 1.29 is 0 Å². The van der Waals surface area contributed by atoms with E-state index in [1.165, 1.54) is 28.2 Å². The maximum Gasteiger partial charge on any atom is 0.00951 e. The molecule has 0 aromatic carbocycles. The lowest BCUT2D eigenvalue weighted by molar-refractivity contribution is 0.187. The highest BCUT2D eigenvalue weighted by Crippen LogP contribution is 2.70. The van der Waals surface area contributed by atoms with Gasteiger partial charge in [0.25, 0.3) is 0 Å². The Hall–Kier alpha value is -0.560. The van der Waals surface area contributed by atoms with E-state index in [4.69, 9.17) is 0 Å². The molecule has 0 N–H and O–H groups in total. The number of allylic oxidation sites excluding steroid dienone is 2. The van der Waals surface area contributed by atoms with Crippen molar-refractivity contribution in [1.29, 1.82) is 0 Å². The number of thiophene rings is 1.